The van der Waals surface area contributed by atoms with Crippen molar-refractivity contribution < 1.29 is 23.5 Å². The second-order valence-corrected chi connectivity index (χ2v) is 11.3. The van der Waals surface area contributed by atoms with Crippen LogP contribution >= 0.6 is 11.3 Å². The van der Waals surface area contributed by atoms with Crippen molar-refractivity contribution in [2.45, 2.75) is 13.3 Å². The number of carbonyl (C=O) groups excluding carboxylic acids is 2. The monoisotopic (exact) mass is 589 g/mol. The number of pyridine rings is 1. The molecule has 4 aromatic rings. The Labute approximate surface area is 247 Å². The molecule has 0 bridgehead atoms. The Morgan fingerprint density at radius 2 is 1.69 bits per heavy atom. The Morgan fingerprint density at radius 3 is 2.50 bits per heavy atom. The molecule has 2 aliphatic rings. The van der Waals surface area contributed by atoms with Gasteiger partial charge in [-0.3, -0.25) is 9.59 Å². The summed E-state index contributed by atoms with van der Waals surface area (Å²) in [6.45, 7) is 9.45. The smallest absolute Gasteiger partial charge is 0.265 e. The molecule has 0 aliphatic carbocycles. The Morgan fingerprint density at radius 1 is 0.905 bits per heavy atom. The Hall–Kier alpha value is -4.06. The van der Waals surface area contributed by atoms with Crippen LogP contribution in [0.3, 0.4) is 0 Å². The summed E-state index contributed by atoms with van der Waals surface area (Å²) in [5.41, 5.74) is 1.66. The lowest BCUT2D eigenvalue weighted by molar-refractivity contribution is 0.102. The van der Waals surface area contributed by atoms with Crippen LogP contribution in [0.25, 0.3) is 10.2 Å². The molecule has 2 aromatic heterocycles. The van der Waals surface area contributed by atoms with Crippen LogP contribution in [0, 0.1) is 5.82 Å². The van der Waals surface area contributed by atoms with Crippen molar-refractivity contribution in [3.63, 3.8) is 0 Å². The quantitative estimate of drug-likeness (QED) is 0.302. The molecule has 9 nitrogen and oxygen atoms in total. The van der Waals surface area contributed by atoms with Gasteiger partial charge in [0.2, 0.25) is 0 Å². The van der Waals surface area contributed by atoms with Gasteiger partial charge in [0.1, 0.15) is 23.9 Å². The fraction of sp³-hybridized carbons (Fsp3) is 0.323. The topological polar surface area (TPSA) is 96.0 Å². The first-order valence-corrected chi connectivity index (χ1v) is 14.9. The largest absolute Gasteiger partial charge is 0.486 e. The zero-order valence-electron chi connectivity index (χ0n) is 23.3. The first-order valence-electron chi connectivity index (χ1n) is 14.1. The van der Waals surface area contributed by atoms with E-state index >= 15 is 0 Å². The Balaban J connectivity index is 1.09. The van der Waals surface area contributed by atoms with E-state index in [9.17, 15) is 14.0 Å². The number of aromatic nitrogens is 1. The minimum atomic E-state index is -0.609. The van der Waals surface area contributed by atoms with Crippen LogP contribution in [0.2, 0.25) is 0 Å². The number of thiophene rings is 1. The lowest BCUT2D eigenvalue weighted by Crippen LogP contribution is -2.46. The number of likely N-dealkylation sites (N-methyl/N-ethyl adjacent to an activating group) is 1. The third-order valence-electron chi connectivity index (χ3n) is 7.54. The van der Waals surface area contributed by atoms with E-state index in [1.54, 1.807) is 24.3 Å². The summed E-state index contributed by atoms with van der Waals surface area (Å²) in [7, 11) is 0. The molecular formula is C31H32FN5O4S. The number of piperazine rings is 1. The minimum Gasteiger partial charge on any atom is -0.486 e. The van der Waals surface area contributed by atoms with Crippen molar-refractivity contribution in [1.29, 1.82) is 0 Å². The zero-order chi connectivity index (χ0) is 29.1. The van der Waals surface area contributed by atoms with Crippen LogP contribution in [-0.4, -0.2) is 79.1 Å². The third-order valence-corrected chi connectivity index (χ3v) is 8.58. The van der Waals surface area contributed by atoms with Crippen LogP contribution in [-0.2, 0) is 6.42 Å². The van der Waals surface area contributed by atoms with Gasteiger partial charge in [-0.05, 0) is 55.1 Å². The molecule has 218 valence electrons. The van der Waals surface area contributed by atoms with Crippen molar-refractivity contribution in [3.05, 3.63) is 76.5 Å². The highest BCUT2D eigenvalue weighted by Gasteiger charge is 2.18. The predicted octanol–water partition coefficient (Wildman–Crippen LogP) is 4.89. The van der Waals surface area contributed by atoms with E-state index in [0.29, 0.717) is 40.8 Å². The van der Waals surface area contributed by atoms with E-state index < -0.39 is 17.6 Å². The van der Waals surface area contributed by atoms with Gasteiger partial charge in [0.25, 0.3) is 11.8 Å². The molecule has 2 amide bonds. The van der Waals surface area contributed by atoms with Crippen molar-refractivity contribution in [3.8, 4) is 11.5 Å². The highest BCUT2D eigenvalue weighted by molar-refractivity contribution is 7.20. The zero-order valence-corrected chi connectivity index (χ0v) is 24.1. The van der Waals surface area contributed by atoms with Crippen LogP contribution in [0.4, 0.5) is 15.8 Å². The number of hydrogen-bond acceptors (Lipinski definition) is 8. The predicted molar refractivity (Wildman–Crippen MR) is 162 cm³/mol. The van der Waals surface area contributed by atoms with Gasteiger partial charge in [0.15, 0.2) is 11.5 Å². The average Bonchev–Trinajstić information content (AvgIpc) is 3.45. The van der Waals surface area contributed by atoms with Crippen molar-refractivity contribution >= 4 is 44.7 Å². The lowest BCUT2D eigenvalue weighted by atomic mass is 10.1. The molecule has 11 heteroatoms. The molecular weight excluding hydrogens is 557 g/mol. The number of hydrogen-bond donors (Lipinski definition) is 2. The summed E-state index contributed by atoms with van der Waals surface area (Å²) in [6.07, 6.45) is 0.845. The first kappa shape index (κ1) is 28.1. The standard InChI is InChI=1S/C31H32FN5O4S/c1-2-36-11-13-37(14-12-36)10-9-22-5-3-21-18-28(42-31(21)34-22)30(39)35-25-19-23(6-7-24(25)32)33-29(38)20-4-8-26-27(17-20)41-16-15-40-26/h3-8,17-19H,2,9-16H2,1H3,(H,33,38)(H,35,39). The number of benzene rings is 2. The van der Waals surface area contributed by atoms with Crippen molar-refractivity contribution in [2.75, 3.05) is 63.1 Å². The number of ether oxygens (including phenoxy) is 2. The normalized spacial score (nSPS) is 15.5. The molecule has 0 saturated carbocycles. The minimum absolute atomic E-state index is 0.0331. The number of nitrogens with one attached hydrogen (secondary N) is 2. The van der Waals surface area contributed by atoms with Crippen molar-refractivity contribution in [1.82, 2.24) is 14.8 Å². The molecule has 0 spiro atoms. The van der Waals surface area contributed by atoms with E-state index in [-0.39, 0.29) is 5.69 Å². The lowest BCUT2D eigenvalue weighted by Gasteiger charge is -2.33. The van der Waals surface area contributed by atoms with E-state index in [4.69, 9.17) is 14.5 Å². The van der Waals surface area contributed by atoms with Crippen LogP contribution in [0.5, 0.6) is 11.5 Å². The van der Waals surface area contributed by atoms with Gasteiger partial charge in [0.05, 0.1) is 10.6 Å². The van der Waals surface area contributed by atoms with Gasteiger partial charge in [-0.25, -0.2) is 9.37 Å². The number of anilines is 2. The number of fused-ring (bicyclic) bond motifs is 2. The number of amides is 2. The Bertz CT molecular complexity index is 1620. The van der Waals surface area contributed by atoms with Gasteiger partial charge >= 0.3 is 0 Å². The van der Waals surface area contributed by atoms with Gasteiger partial charge in [0, 0.05) is 61.5 Å². The SMILES string of the molecule is CCN1CCN(CCc2ccc3cc(C(=O)Nc4cc(NC(=O)c5ccc6c(c5)OCCO6)ccc4F)sc3n2)CC1. The number of nitrogens with zero attached hydrogens (tertiary/aromatic N) is 3. The maximum atomic E-state index is 14.7. The molecule has 0 unspecified atom stereocenters. The van der Waals surface area contributed by atoms with E-state index in [1.165, 1.54) is 29.5 Å². The van der Waals surface area contributed by atoms with E-state index in [1.807, 2.05) is 12.1 Å². The Kier molecular flexibility index (Phi) is 8.31. The van der Waals surface area contributed by atoms with Gasteiger partial charge in [-0.1, -0.05) is 13.0 Å². The molecule has 1 saturated heterocycles. The number of rotatable bonds is 8. The molecule has 4 heterocycles. The third kappa shape index (κ3) is 6.38. The van der Waals surface area contributed by atoms with Crippen molar-refractivity contribution in [2.24, 2.45) is 0 Å². The summed E-state index contributed by atoms with van der Waals surface area (Å²) in [5.74, 6) is -0.371. The highest BCUT2D eigenvalue weighted by Crippen LogP contribution is 2.31. The van der Waals surface area contributed by atoms with Crippen LogP contribution in [0.1, 0.15) is 32.6 Å². The van der Waals surface area contributed by atoms with Crippen LogP contribution in [0.15, 0.2) is 54.6 Å². The fourth-order valence-electron chi connectivity index (χ4n) is 5.08. The molecule has 1 fully saturated rings. The molecule has 42 heavy (non-hydrogen) atoms. The first-order chi connectivity index (χ1) is 20.4. The maximum Gasteiger partial charge on any atom is 0.265 e. The number of halogens is 1. The number of carbonyl (C=O) groups is 2. The average molecular weight is 590 g/mol. The second kappa shape index (κ2) is 12.4. The second-order valence-electron chi connectivity index (χ2n) is 10.3. The van der Waals surface area contributed by atoms with Gasteiger partial charge in [-0.15, -0.1) is 11.3 Å². The summed E-state index contributed by atoms with van der Waals surface area (Å²) in [4.78, 5) is 36.8. The maximum absolute atomic E-state index is 14.7. The summed E-state index contributed by atoms with van der Waals surface area (Å²) in [6, 6.07) is 14.7. The molecule has 0 atom stereocenters. The fourth-order valence-corrected chi connectivity index (χ4v) is 6.03. The van der Waals surface area contributed by atoms with Gasteiger partial charge in [-0.2, -0.15) is 0 Å². The summed E-state index contributed by atoms with van der Waals surface area (Å²) >= 11 is 1.27. The van der Waals surface area contributed by atoms with E-state index in [0.717, 1.165) is 61.6 Å². The molecule has 0 radical (unpaired) electrons. The molecule has 6 rings (SSSR count). The highest BCUT2D eigenvalue weighted by atomic mass is 32.1. The van der Waals surface area contributed by atoms with E-state index in [2.05, 4.69) is 27.4 Å². The molecule has 2 aliphatic heterocycles. The van der Waals surface area contributed by atoms with Gasteiger partial charge < -0.3 is 29.9 Å². The molecule has 2 aromatic carbocycles. The van der Waals surface area contributed by atoms with Crippen LogP contribution < -0.4 is 20.1 Å². The summed E-state index contributed by atoms with van der Waals surface area (Å²) < 4.78 is 25.7. The molecule has 2 N–H and O–H groups in total. The summed E-state index contributed by atoms with van der Waals surface area (Å²) in [5, 5.41) is 6.26.